The number of carbonyl (C=O) groups excluding carboxylic acids is 1. The Morgan fingerprint density at radius 2 is 2.08 bits per heavy atom. The molecule has 0 unspecified atom stereocenters. The van der Waals surface area contributed by atoms with Gasteiger partial charge in [0.25, 0.3) is 11.6 Å². The second kappa shape index (κ2) is 7.58. The van der Waals surface area contributed by atoms with Gasteiger partial charge in [0, 0.05) is 19.2 Å². The lowest BCUT2D eigenvalue weighted by molar-refractivity contribution is -0.384. The van der Waals surface area contributed by atoms with Gasteiger partial charge in [-0.25, -0.2) is 0 Å². The predicted molar refractivity (Wildman–Crippen MR) is 95.8 cm³/mol. The zero-order valence-corrected chi connectivity index (χ0v) is 13.9. The van der Waals surface area contributed by atoms with Crippen molar-refractivity contribution in [1.29, 1.82) is 0 Å². The van der Waals surface area contributed by atoms with E-state index in [4.69, 9.17) is 0 Å². The molecule has 3 aromatic rings. The van der Waals surface area contributed by atoms with Gasteiger partial charge in [0.1, 0.15) is 5.69 Å². The summed E-state index contributed by atoms with van der Waals surface area (Å²) in [7, 11) is 0. The number of benzene rings is 1. The average Bonchev–Trinajstić information content (AvgIpc) is 3.29. The number of H-pyrrole nitrogens is 1. The van der Waals surface area contributed by atoms with Gasteiger partial charge in [0.05, 0.1) is 15.5 Å². The van der Waals surface area contributed by atoms with Crippen LogP contribution in [0.4, 0.5) is 11.4 Å². The van der Waals surface area contributed by atoms with Crippen molar-refractivity contribution in [3.63, 3.8) is 0 Å². The van der Waals surface area contributed by atoms with Gasteiger partial charge < -0.3 is 10.6 Å². The van der Waals surface area contributed by atoms with Crippen LogP contribution in [-0.2, 0) is 0 Å². The smallest absolute Gasteiger partial charge is 0.292 e. The number of hydrogen-bond donors (Lipinski definition) is 3. The molecule has 1 amide bonds. The summed E-state index contributed by atoms with van der Waals surface area (Å²) in [6.07, 6.45) is 0. The molecule has 128 valence electrons. The first-order valence-corrected chi connectivity index (χ1v) is 8.38. The molecule has 0 aliphatic rings. The SMILES string of the molecule is O=C(NCCNc1ccccc1[N+](=O)[O-])c1cc(-c2cccs2)[nH]n1. The highest BCUT2D eigenvalue weighted by molar-refractivity contribution is 7.13. The summed E-state index contributed by atoms with van der Waals surface area (Å²) in [5, 5.41) is 25.4. The van der Waals surface area contributed by atoms with Crippen LogP contribution in [0.15, 0.2) is 47.8 Å². The number of nitrogens with one attached hydrogen (secondary N) is 3. The molecular weight excluding hydrogens is 342 g/mol. The van der Waals surface area contributed by atoms with Gasteiger partial charge in [0.2, 0.25) is 0 Å². The maximum Gasteiger partial charge on any atom is 0.292 e. The second-order valence-corrected chi connectivity index (χ2v) is 6.05. The molecule has 0 aliphatic heterocycles. The number of aromatic amines is 1. The van der Waals surface area contributed by atoms with Crippen LogP contribution in [-0.4, -0.2) is 34.1 Å². The third-order valence-electron chi connectivity index (χ3n) is 3.42. The molecule has 8 nitrogen and oxygen atoms in total. The van der Waals surface area contributed by atoms with Gasteiger partial charge in [-0.1, -0.05) is 18.2 Å². The van der Waals surface area contributed by atoms with Crippen LogP contribution in [0.25, 0.3) is 10.6 Å². The van der Waals surface area contributed by atoms with Crippen LogP contribution in [0.2, 0.25) is 0 Å². The van der Waals surface area contributed by atoms with Gasteiger partial charge in [-0.2, -0.15) is 5.10 Å². The Hall–Kier alpha value is -3.20. The van der Waals surface area contributed by atoms with E-state index in [0.717, 1.165) is 10.6 Å². The number of nitro benzene ring substituents is 1. The van der Waals surface area contributed by atoms with Crippen LogP contribution >= 0.6 is 11.3 Å². The molecular formula is C16H15N5O3S. The fraction of sp³-hybridized carbons (Fsp3) is 0.125. The van der Waals surface area contributed by atoms with Crippen molar-refractivity contribution >= 4 is 28.6 Å². The first kappa shape index (κ1) is 16.7. The highest BCUT2D eigenvalue weighted by atomic mass is 32.1. The quantitative estimate of drug-likeness (QED) is 0.342. The average molecular weight is 357 g/mol. The Bertz CT molecular complexity index is 876. The monoisotopic (exact) mass is 357 g/mol. The Balaban J connectivity index is 1.51. The standard InChI is InChI=1S/C16H15N5O3S/c22-16(13-10-12(19-20-13)15-6-3-9-25-15)18-8-7-17-11-4-1-2-5-14(11)21(23)24/h1-6,9-10,17H,7-8H2,(H,18,22)(H,19,20). The lowest BCUT2D eigenvalue weighted by Crippen LogP contribution is -2.29. The third-order valence-corrected chi connectivity index (χ3v) is 4.33. The number of hydrogen-bond acceptors (Lipinski definition) is 6. The minimum absolute atomic E-state index is 0.00159. The van der Waals surface area contributed by atoms with Crippen LogP contribution < -0.4 is 10.6 Å². The number of para-hydroxylation sites is 2. The van der Waals surface area contributed by atoms with Gasteiger partial charge in [-0.15, -0.1) is 11.3 Å². The Labute approximate surface area is 147 Å². The molecule has 0 bridgehead atoms. The van der Waals surface area contributed by atoms with Crippen molar-refractivity contribution in [2.24, 2.45) is 0 Å². The van der Waals surface area contributed by atoms with Crippen molar-refractivity contribution in [1.82, 2.24) is 15.5 Å². The summed E-state index contributed by atoms with van der Waals surface area (Å²) in [6, 6.07) is 11.9. The molecule has 0 spiro atoms. The highest BCUT2D eigenvalue weighted by Crippen LogP contribution is 2.23. The number of thiophene rings is 1. The van der Waals surface area contributed by atoms with Crippen molar-refractivity contribution in [2.75, 3.05) is 18.4 Å². The van der Waals surface area contributed by atoms with E-state index >= 15 is 0 Å². The van der Waals surface area contributed by atoms with Gasteiger partial charge in [-0.05, 0) is 23.6 Å². The van der Waals surface area contributed by atoms with E-state index < -0.39 is 4.92 Å². The fourth-order valence-corrected chi connectivity index (χ4v) is 2.93. The molecule has 0 saturated carbocycles. The number of carbonyl (C=O) groups is 1. The fourth-order valence-electron chi connectivity index (χ4n) is 2.24. The van der Waals surface area contributed by atoms with Gasteiger partial charge >= 0.3 is 0 Å². The number of nitrogens with zero attached hydrogens (tertiary/aromatic N) is 2. The van der Waals surface area contributed by atoms with E-state index in [1.165, 1.54) is 6.07 Å². The molecule has 2 heterocycles. The summed E-state index contributed by atoms with van der Waals surface area (Å²) in [5.41, 5.74) is 1.51. The summed E-state index contributed by atoms with van der Waals surface area (Å²) >= 11 is 1.56. The molecule has 0 radical (unpaired) electrons. The predicted octanol–water partition coefficient (Wildman–Crippen LogP) is 2.89. The maximum absolute atomic E-state index is 12.1. The number of aromatic nitrogens is 2. The Morgan fingerprint density at radius 3 is 2.84 bits per heavy atom. The third kappa shape index (κ3) is 4.01. The molecule has 0 atom stereocenters. The minimum Gasteiger partial charge on any atom is -0.378 e. The molecule has 1 aromatic carbocycles. The van der Waals surface area contributed by atoms with Crippen LogP contribution in [0.1, 0.15) is 10.5 Å². The maximum atomic E-state index is 12.1. The zero-order valence-electron chi connectivity index (χ0n) is 13.1. The first-order valence-electron chi connectivity index (χ1n) is 7.50. The molecule has 9 heteroatoms. The van der Waals surface area contributed by atoms with E-state index in [2.05, 4.69) is 20.8 Å². The van der Waals surface area contributed by atoms with E-state index in [1.54, 1.807) is 35.6 Å². The second-order valence-electron chi connectivity index (χ2n) is 5.10. The highest BCUT2D eigenvalue weighted by Gasteiger charge is 2.13. The normalized spacial score (nSPS) is 10.4. The van der Waals surface area contributed by atoms with Crippen LogP contribution in [0.5, 0.6) is 0 Å². The van der Waals surface area contributed by atoms with Gasteiger partial charge in [-0.3, -0.25) is 20.0 Å². The van der Waals surface area contributed by atoms with Crippen molar-refractivity contribution in [2.45, 2.75) is 0 Å². The summed E-state index contributed by atoms with van der Waals surface area (Å²) < 4.78 is 0. The summed E-state index contributed by atoms with van der Waals surface area (Å²) in [5.74, 6) is -0.302. The van der Waals surface area contributed by atoms with E-state index in [-0.39, 0.29) is 11.6 Å². The number of amides is 1. The van der Waals surface area contributed by atoms with Crippen molar-refractivity contribution in [3.05, 3.63) is 63.7 Å². The van der Waals surface area contributed by atoms with Crippen molar-refractivity contribution < 1.29 is 9.72 Å². The lowest BCUT2D eigenvalue weighted by Gasteiger charge is -2.07. The summed E-state index contributed by atoms with van der Waals surface area (Å²) in [4.78, 5) is 23.6. The summed E-state index contributed by atoms with van der Waals surface area (Å²) in [6.45, 7) is 0.672. The van der Waals surface area contributed by atoms with Crippen LogP contribution in [0.3, 0.4) is 0 Å². The largest absolute Gasteiger partial charge is 0.378 e. The molecule has 3 rings (SSSR count). The number of nitro groups is 1. The molecule has 0 saturated heterocycles. The van der Waals surface area contributed by atoms with Crippen LogP contribution in [0, 0.1) is 10.1 Å². The molecule has 0 aliphatic carbocycles. The minimum atomic E-state index is -0.448. The Kier molecular flexibility index (Phi) is 5.05. The van der Waals surface area contributed by atoms with E-state index in [0.29, 0.717) is 24.5 Å². The molecule has 0 fully saturated rings. The Morgan fingerprint density at radius 1 is 1.24 bits per heavy atom. The van der Waals surface area contributed by atoms with E-state index in [1.807, 2.05) is 17.5 Å². The molecule has 25 heavy (non-hydrogen) atoms. The number of rotatable bonds is 7. The van der Waals surface area contributed by atoms with Crippen molar-refractivity contribution in [3.8, 4) is 10.6 Å². The number of anilines is 1. The topological polar surface area (TPSA) is 113 Å². The van der Waals surface area contributed by atoms with Gasteiger partial charge in [0.15, 0.2) is 5.69 Å². The first-order chi connectivity index (χ1) is 12.1. The van der Waals surface area contributed by atoms with E-state index in [9.17, 15) is 14.9 Å². The zero-order chi connectivity index (χ0) is 17.6. The molecule has 3 N–H and O–H groups in total. The molecule has 2 aromatic heterocycles. The lowest BCUT2D eigenvalue weighted by atomic mass is 10.2.